The number of benzene rings is 7. The molecule has 0 saturated heterocycles. The van der Waals surface area contributed by atoms with E-state index in [1.54, 1.807) is 0 Å². The molecule has 3 heteroatoms. The molecule has 9 aromatic rings. The molecule has 2 heterocycles. The predicted molar refractivity (Wildman–Crippen MR) is 191 cm³/mol. The zero-order valence-electron chi connectivity index (χ0n) is 24.9. The van der Waals surface area contributed by atoms with Crippen molar-refractivity contribution in [2.45, 2.75) is 0 Å². The van der Waals surface area contributed by atoms with Crippen LogP contribution in [0, 0.1) is 11.3 Å². The van der Waals surface area contributed by atoms with Crippen molar-refractivity contribution in [3.05, 3.63) is 169 Å². The van der Waals surface area contributed by atoms with E-state index in [4.69, 9.17) is 0 Å². The van der Waals surface area contributed by atoms with Crippen molar-refractivity contribution in [3.63, 3.8) is 0 Å². The quantitative estimate of drug-likeness (QED) is 0.202. The molecule has 2 aromatic heterocycles. The minimum Gasteiger partial charge on any atom is -0.309 e. The number of rotatable bonds is 4. The van der Waals surface area contributed by atoms with Crippen molar-refractivity contribution >= 4 is 43.6 Å². The van der Waals surface area contributed by atoms with Gasteiger partial charge in [-0.2, -0.15) is 5.26 Å². The third kappa shape index (κ3) is 3.78. The molecule has 0 fully saturated rings. The first-order valence-corrected chi connectivity index (χ1v) is 15.5. The number of nitrogens with zero attached hydrogens (tertiary/aromatic N) is 3. The van der Waals surface area contributed by atoms with Gasteiger partial charge in [0.25, 0.3) is 0 Å². The summed E-state index contributed by atoms with van der Waals surface area (Å²) in [5, 5.41) is 15.6. The maximum Gasteiger partial charge on any atom is 0.102 e. The molecule has 0 unspecified atom stereocenters. The molecule has 0 atom stereocenters. The van der Waals surface area contributed by atoms with E-state index >= 15 is 0 Å². The summed E-state index contributed by atoms with van der Waals surface area (Å²) in [7, 11) is 0. The predicted octanol–water partition coefficient (Wildman–Crippen LogP) is 11.1. The van der Waals surface area contributed by atoms with E-state index in [2.05, 4.69) is 179 Å². The van der Waals surface area contributed by atoms with E-state index in [9.17, 15) is 5.26 Å². The van der Waals surface area contributed by atoms with Crippen molar-refractivity contribution < 1.29 is 0 Å². The highest BCUT2D eigenvalue weighted by Gasteiger charge is 2.21. The Labute approximate surface area is 266 Å². The van der Waals surface area contributed by atoms with Gasteiger partial charge in [0, 0.05) is 32.7 Å². The molecular weight excluding hydrogens is 558 g/mol. The number of hydrogen-bond acceptors (Lipinski definition) is 1. The Bertz CT molecular complexity index is 2560. The van der Waals surface area contributed by atoms with Crippen molar-refractivity contribution in [3.8, 4) is 39.7 Å². The van der Waals surface area contributed by atoms with Gasteiger partial charge < -0.3 is 9.13 Å². The minimum absolute atomic E-state index is 0.649. The van der Waals surface area contributed by atoms with Gasteiger partial charge in [-0.15, -0.1) is 0 Å². The highest BCUT2D eigenvalue weighted by molar-refractivity contribution is 6.11. The van der Waals surface area contributed by atoms with Crippen molar-refractivity contribution in [1.29, 1.82) is 5.26 Å². The van der Waals surface area contributed by atoms with Crippen LogP contribution in [0.3, 0.4) is 0 Å². The van der Waals surface area contributed by atoms with Crippen LogP contribution in [-0.4, -0.2) is 9.13 Å². The zero-order chi connectivity index (χ0) is 30.6. The maximum atomic E-state index is 10.8. The molecule has 0 saturated carbocycles. The molecule has 0 radical (unpaired) electrons. The summed E-state index contributed by atoms with van der Waals surface area (Å²) in [5.41, 5.74) is 11.3. The minimum atomic E-state index is 0.649. The summed E-state index contributed by atoms with van der Waals surface area (Å²) in [6.07, 6.45) is 0. The van der Waals surface area contributed by atoms with E-state index in [0.717, 1.165) is 44.7 Å². The lowest BCUT2D eigenvalue weighted by atomic mass is 9.90. The number of fused-ring (bicyclic) bond motifs is 6. The maximum absolute atomic E-state index is 10.8. The monoisotopic (exact) mass is 585 g/mol. The number of para-hydroxylation sites is 5. The first kappa shape index (κ1) is 26.1. The lowest BCUT2D eigenvalue weighted by Gasteiger charge is -2.18. The molecule has 0 spiro atoms. The van der Waals surface area contributed by atoms with Gasteiger partial charge in [0.2, 0.25) is 0 Å². The molecule has 0 bridgehead atoms. The van der Waals surface area contributed by atoms with Gasteiger partial charge in [0.05, 0.1) is 39.0 Å². The van der Waals surface area contributed by atoms with Crippen LogP contribution < -0.4 is 0 Å². The molecule has 9 rings (SSSR count). The molecule has 214 valence electrons. The van der Waals surface area contributed by atoms with Gasteiger partial charge in [-0.25, -0.2) is 0 Å². The Morgan fingerprint density at radius 3 is 1.17 bits per heavy atom. The van der Waals surface area contributed by atoms with Crippen LogP contribution in [0.15, 0.2) is 164 Å². The number of aromatic nitrogens is 2. The Balaban J connectivity index is 1.31. The average molecular weight is 586 g/mol. The fraction of sp³-hybridized carbons (Fsp3) is 0. The first-order valence-electron chi connectivity index (χ1n) is 15.5. The molecule has 0 aliphatic carbocycles. The summed E-state index contributed by atoms with van der Waals surface area (Å²) in [6.45, 7) is 0. The lowest BCUT2D eigenvalue weighted by molar-refractivity contribution is 1.17. The van der Waals surface area contributed by atoms with Crippen molar-refractivity contribution in [2.75, 3.05) is 0 Å². The summed E-state index contributed by atoms with van der Waals surface area (Å²) in [5.74, 6) is 0. The van der Waals surface area contributed by atoms with Crippen LogP contribution in [-0.2, 0) is 0 Å². The fourth-order valence-electron chi connectivity index (χ4n) is 7.28. The van der Waals surface area contributed by atoms with E-state index < -0.39 is 0 Å². The molecule has 0 amide bonds. The van der Waals surface area contributed by atoms with E-state index in [0.29, 0.717) is 5.56 Å². The van der Waals surface area contributed by atoms with Crippen LogP contribution in [0.4, 0.5) is 0 Å². The van der Waals surface area contributed by atoms with Gasteiger partial charge in [-0.3, -0.25) is 0 Å². The van der Waals surface area contributed by atoms with Gasteiger partial charge in [-0.1, -0.05) is 127 Å². The highest BCUT2D eigenvalue weighted by Crippen LogP contribution is 2.42. The van der Waals surface area contributed by atoms with Crippen LogP contribution >= 0.6 is 0 Å². The van der Waals surface area contributed by atoms with Crippen LogP contribution in [0.5, 0.6) is 0 Å². The second kappa shape index (κ2) is 10.4. The standard InChI is InChI=1S/C43H27N3/c44-28-37-31(21-13-27-43(37)46-41-25-11-6-19-35(41)36-20-7-12-26-42(36)46)29-14-1-2-15-30(29)32-16-3-8-22-38(32)45-39-23-9-4-17-33(39)34-18-5-10-24-40(34)45/h1-27H. The number of hydrogen-bond donors (Lipinski definition) is 0. The van der Waals surface area contributed by atoms with E-state index in [-0.39, 0.29) is 0 Å². The lowest BCUT2D eigenvalue weighted by Crippen LogP contribution is -2.01. The van der Waals surface area contributed by atoms with Gasteiger partial charge in [-0.05, 0) is 47.5 Å². The van der Waals surface area contributed by atoms with E-state index in [1.807, 2.05) is 0 Å². The van der Waals surface area contributed by atoms with Crippen molar-refractivity contribution in [1.82, 2.24) is 9.13 Å². The van der Waals surface area contributed by atoms with Gasteiger partial charge >= 0.3 is 0 Å². The topological polar surface area (TPSA) is 33.6 Å². The Morgan fingerprint density at radius 2 is 0.674 bits per heavy atom. The fourth-order valence-corrected chi connectivity index (χ4v) is 7.28. The van der Waals surface area contributed by atoms with E-state index in [1.165, 1.54) is 32.6 Å². The third-order valence-electron chi connectivity index (χ3n) is 9.21. The molecule has 7 aromatic carbocycles. The van der Waals surface area contributed by atoms with Crippen LogP contribution in [0.25, 0.3) is 77.2 Å². The van der Waals surface area contributed by atoms with Crippen LogP contribution in [0.2, 0.25) is 0 Å². The Morgan fingerprint density at radius 1 is 0.326 bits per heavy atom. The summed E-state index contributed by atoms with van der Waals surface area (Å²) in [4.78, 5) is 0. The molecular formula is C43H27N3. The second-order valence-corrected chi connectivity index (χ2v) is 11.6. The van der Waals surface area contributed by atoms with Gasteiger partial charge in [0.15, 0.2) is 0 Å². The smallest absolute Gasteiger partial charge is 0.102 e. The molecule has 0 aliphatic rings. The average Bonchev–Trinajstić information content (AvgIpc) is 3.64. The Kier molecular flexibility index (Phi) is 5.88. The molecule has 46 heavy (non-hydrogen) atoms. The third-order valence-corrected chi connectivity index (χ3v) is 9.21. The molecule has 3 nitrogen and oxygen atoms in total. The molecule has 0 aliphatic heterocycles. The van der Waals surface area contributed by atoms with Crippen LogP contribution in [0.1, 0.15) is 5.56 Å². The SMILES string of the molecule is N#Cc1c(-c2ccccc2-c2ccccc2-n2c3ccccc3c3ccccc32)cccc1-n1c2ccccc2c2ccccc21. The Hall–Kier alpha value is -6.37. The van der Waals surface area contributed by atoms with Crippen molar-refractivity contribution in [2.24, 2.45) is 0 Å². The highest BCUT2D eigenvalue weighted by atomic mass is 15.0. The first-order chi connectivity index (χ1) is 22.8. The second-order valence-electron chi connectivity index (χ2n) is 11.6. The van der Waals surface area contributed by atoms with Gasteiger partial charge in [0.1, 0.15) is 6.07 Å². The summed E-state index contributed by atoms with van der Waals surface area (Å²) >= 11 is 0. The zero-order valence-corrected chi connectivity index (χ0v) is 24.9. The number of nitriles is 1. The molecule has 0 N–H and O–H groups in total. The summed E-state index contributed by atoms with van der Waals surface area (Å²) < 4.78 is 4.61. The largest absolute Gasteiger partial charge is 0.309 e. The summed E-state index contributed by atoms with van der Waals surface area (Å²) in [6, 6.07) is 60.0. The normalized spacial score (nSPS) is 11.5.